The molecular formula is C11H13N3OS. The largest absolute Gasteiger partial charge is 0.328 e. The molecule has 0 aliphatic carbocycles. The molecule has 4 nitrogen and oxygen atoms in total. The molecule has 1 heterocycles. The quantitative estimate of drug-likeness (QED) is 0.870. The fourth-order valence-electron chi connectivity index (χ4n) is 1.26. The van der Waals surface area contributed by atoms with Crippen molar-refractivity contribution in [3.05, 3.63) is 24.3 Å². The number of hydrogen-bond acceptors (Lipinski definition) is 3. The van der Waals surface area contributed by atoms with Gasteiger partial charge in [0, 0.05) is 13.6 Å². The minimum absolute atomic E-state index is 0.124. The van der Waals surface area contributed by atoms with Crippen LogP contribution in [0.15, 0.2) is 24.3 Å². The predicted octanol–water partition coefficient (Wildman–Crippen LogP) is 2.78. The van der Waals surface area contributed by atoms with E-state index in [0.717, 1.165) is 10.2 Å². The third kappa shape index (κ3) is 2.14. The van der Waals surface area contributed by atoms with Gasteiger partial charge in [-0.2, -0.15) is 0 Å². The van der Waals surface area contributed by atoms with E-state index in [1.165, 1.54) is 11.3 Å². The molecule has 2 rings (SSSR count). The third-order valence-corrected chi connectivity index (χ3v) is 3.28. The highest BCUT2D eigenvalue weighted by Crippen LogP contribution is 2.25. The van der Waals surface area contributed by atoms with Crippen LogP contribution >= 0.6 is 11.3 Å². The summed E-state index contributed by atoms with van der Waals surface area (Å²) in [6.45, 7) is 2.61. The van der Waals surface area contributed by atoms with E-state index >= 15 is 0 Å². The van der Waals surface area contributed by atoms with Gasteiger partial charge in [-0.3, -0.25) is 5.32 Å². The molecule has 0 aliphatic heterocycles. The lowest BCUT2D eigenvalue weighted by molar-refractivity contribution is 0.224. The van der Waals surface area contributed by atoms with E-state index in [-0.39, 0.29) is 6.03 Å². The Kier molecular flexibility index (Phi) is 3.05. The number of carbonyl (C=O) groups is 1. The van der Waals surface area contributed by atoms with Crippen molar-refractivity contribution in [3.63, 3.8) is 0 Å². The Morgan fingerprint density at radius 2 is 2.25 bits per heavy atom. The van der Waals surface area contributed by atoms with Crippen molar-refractivity contribution in [2.75, 3.05) is 18.9 Å². The van der Waals surface area contributed by atoms with Crippen LogP contribution in [0.4, 0.5) is 9.93 Å². The molecule has 0 bridgehead atoms. The van der Waals surface area contributed by atoms with Gasteiger partial charge in [0.15, 0.2) is 5.13 Å². The maximum absolute atomic E-state index is 11.6. The van der Waals surface area contributed by atoms with Gasteiger partial charge in [0.05, 0.1) is 10.2 Å². The van der Waals surface area contributed by atoms with E-state index in [1.54, 1.807) is 11.9 Å². The summed E-state index contributed by atoms with van der Waals surface area (Å²) < 4.78 is 1.08. The van der Waals surface area contributed by atoms with Crippen LogP contribution in [0.5, 0.6) is 0 Å². The summed E-state index contributed by atoms with van der Waals surface area (Å²) in [5.74, 6) is 0. The number of urea groups is 1. The van der Waals surface area contributed by atoms with Crippen LogP contribution in [0.2, 0.25) is 0 Å². The predicted molar refractivity (Wildman–Crippen MR) is 66.9 cm³/mol. The second-order valence-corrected chi connectivity index (χ2v) is 4.46. The normalized spacial score (nSPS) is 10.4. The number of thiazole rings is 1. The summed E-state index contributed by atoms with van der Waals surface area (Å²) in [7, 11) is 1.75. The number of benzene rings is 1. The van der Waals surface area contributed by atoms with Crippen LogP contribution in [0.25, 0.3) is 10.2 Å². The Morgan fingerprint density at radius 1 is 1.50 bits per heavy atom. The van der Waals surface area contributed by atoms with Crippen LogP contribution in [0, 0.1) is 0 Å². The van der Waals surface area contributed by atoms with Gasteiger partial charge >= 0.3 is 6.03 Å². The van der Waals surface area contributed by atoms with E-state index in [9.17, 15) is 4.79 Å². The van der Waals surface area contributed by atoms with Crippen LogP contribution in [0.1, 0.15) is 6.92 Å². The van der Waals surface area contributed by atoms with E-state index in [4.69, 9.17) is 0 Å². The molecule has 0 unspecified atom stereocenters. The number of rotatable bonds is 2. The van der Waals surface area contributed by atoms with E-state index < -0.39 is 0 Å². The summed E-state index contributed by atoms with van der Waals surface area (Å²) in [5.41, 5.74) is 0.918. The fraction of sp³-hybridized carbons (Fsp3) is 0.273. The third-order valence-electron chi connectivity index (χ3n) is 2.33. The zero-order chi connectivity index (χ0) is 11.5. The lowest BCUT2D eigenvalue weighted by Gasteiger charge is -2.13. The number of carbonyl (C=O) groups excluding carboxylic acids is 1. The van der Waals surface area contributed by atoms with Gasteiger partial charge in [-0.15, -0.1) is 0 Å². The van der Waals surface area contributed by atoms with Crippen molar-refractivity contribution in [1.82, 2.24) is 9.88 Å². The lowest BCUT2D eigenvalue weighted by Crippen LogP contribution is -2.30. The minimum atomic E-state index is -0.124. The summed E-state index contributed by atoms with van der Waals surface area (Å²) in [6, 6.07) is 7.70. The molecule has 1 N–H and O–H groups in total. The molecule has 84 valence electrons. The van der Waals surface area contributed by atoms with Gasteiger partial charge in [-0.1, -0.05) is 23.5 Å². The van der Waals surface area contributed by atoms with Gasteiger partial charge in [0.1, 0.15) is 0 Å². The van der Waals surface area contributed by atoms with Gasteiger partial charge < -0.3 is 4.90 Å². The van der Waals surface area contributed by atoms with Crippen LogP contribution in [-0.2, 0) is 0 Å². The molecule has 0 spiro atoms. The topological polar surface area (TPSA) is 45.2 Å². The Balaban J connectivity index is 2.18. The van der Waals surface area contributed by atoms with Crippen LogP contribution in [0.3, 0.4) is 0 Å². The fourth-order valence-corrected chi connectivity index (χ4v) is 2.11. The lowest BCUT2D eigenvalue weighted by atomic mass is 10.3. The SMILES string of the molecule is CCN(C)C(=O)Nc1nc2ccccc2s1. The number of fused-ring (bicyclic) bond motifs is 1. The molecule has 0 fully saturated rings. The number of anilines is 1. The highest BCUT2D eigenvalue weighted by atomic mass is 32.1. The van der Waals surface area contributed by atoms with Crippen molar-refractivity contribution in [1.29, 1.82) is 0 Å². The van der Waals surface area contributed by atoms with E-state index in [2.05, 4.69) is 10.3 Å². The van der Waals surface area contributed by atoms with Crippen LogP contribution in [-0.4, -0.2) is 29.5 Å². The molecule has 0 saturated carbocycles. The monoisotopic (exact) mass is 235 g/mol. The first kappa shape index (κ1) is 10.9. The molecule has 0 aliphatic rings. The maximum atomic E-state index is 11.6. The highest BCUT2D eigenvalue weighted by Gasteiger charge is 2.09. The Hall–Kier alpha value is -1.62. The van der Waals surface area contributed by atoms with Gasteiger partial charge in [-0.05, 0) is 19.1 Å². The minimum Gasteiger partial charge on any atom is -0.328 e. The number of amides is 2. The summed E-state index contributed by atoms with van der Waals surface area (Å²) in [4.78, 5) is 17.5. The first-order valence-electron chi connectivity index (χ1n) is 5.08. The molecule has 5 heteroatoms. The molecule has 1 aromatic heterocycles. The van der Waals surface area contributed by atoms with Gasteiger partial charge in [0.25, 0.3) is 0 Å². The highest BCUT2D eigenvalue weighted by molar-refractivity contribution is 7.22. The number of hydrogen-bond donors (Lipinski definition) is 1. The average molecular weight is 235 g/mol. The first-order chi connectivity index (χ1) is 7.70. The molecule has 0 saturated heterocycles. The molecular weight excluding hydrogens is 222 g/mol. The average Bonchev–Trinajstić information content (AvgIpc) is 2.69. The smallest absolute Gasteiger partial charge is 0.323 e. The zero-order valence-corrected chi connectivity index (χ0v) is 10.0. The molecule has 2 aromatic rings. The second-order valence-electron chi connectivity index (χ2n) is 3.43. The number of nitrogens with zero attached hydrogens (tertiary/aromatic N) is 2. The van der Waals surface area contributed by atoms with Crippen LogP contribution < -0.4 is 5.32 Å². The molecule has 0 atom stereocenters. The Bertz CT molecular complexity index is 476. The summed E-state index contributed by atoms with van der Waals surface area (Å²) in [5, 5.41) is 3.42. The number of nitrogens with one attached hydrogen (secondary N) is 1. The molecule has 1 aromatic carbocycles. The number of aromatic nitrogens is 1. The Morgan fingerprint density at radius 3 is 2.94 bits per heavy atom. The van der Waals surface area contributed by atoms with Gasteiger partial charge in [0.2, 0.25) is 0 Å². The van der Waals surface area contributed by atoms with Crippen molar-refractivity contribution < 1.29 is 4.79 Å². The Labute approximate surface area is 97.9 Å². The van der Waals surface area contributed by atoms with Crippen molar-refractivity contribution in [3.8, 4) is 0 Å². The molecule has 16 heavy (non-hydrogen) atoms. The standard InChI is InChI=1S/C11H13N3OS/c1-3-14(2)11(15)13-10-12-8-6-4-5-7-9(8)16-10/h4-7H,3H2,1-2H3,(H,12,13,15). The van der Waals surface area contributed by atoms with Crippen molar-refractivity contribution >= 4 is 32.7 Å². The second kappa shape index (κ2) is 4.49. The van der Waals surface area contributed by atoms with E-state index in [0.29, 0.717) is 11.7 Å². The summed E-state index contributed by atoms with van der Waals surface area (Å²) in [6.07, 6.45) is 0. The first-order valence-corrected chi connectivity index (χ1v) is 5.90. The number of para-hydroxylation sites is 1. The van der Waals surface area contributed by atoms with E-state index in [1.807, 2.05) is 31.2 Å². The maximum Gasteiger partial charge on any atom is 0.323 e. The zero-order valence-electron chi connectivity index (χ0n) is 9.23. The van der Waals surface area contributed by atoms with Crippen molar-refractivity contribution in [2.45, 2.75) is 6.92 Å². The molecule has 0 radical (unpaired) electrons. The molecule has 2 amide bonds. The van der Waals surface area contributed by atoms with Gasteiger partial charge in [-0.25, -0.2) is 9.78 Å². The van der Waals surface area contributed by atoms with Crippen molar-refractivity contribution in [2.24, 2.45) is 0 Å². The summed E-state index contributed by atoms with van der Waals surface area (Å²) >= 11 is 1.48.